The molecule has 1 aliphatic heterocycles. The summed E-state index contributed by atoms with van der Waals surface area (Å²) in [6, 6.07) is 0. The van der Waals surface area contributed by atoms with Gasteiger partial charge in [0.2, 0.25) is 0 Å². The minimum atomic E-state index is -3.13. The fourth-order valence-corrected chi connectivity index (χ4v) is 1.04. The molecule has 0 fully saturated rings. The van der Waals surface area contributed by atoms with E-state index in [0.717, 1.165) is 0 Å². The molecule has 1 radical (unpaired) electrons. The van der Waals surface area contributed by atoms with Crippen molar-refractivity contribution in [1.82, 2.24) is 5.32 Å². The predicted molar refractivity (Wildman–Crippen MR) is 29.2 cm³/mol. The molecule has 1 aliphatic rings. The van der Waals surface area contributed by atoms with Crippen molar-refractivity contribution in [2.45, 2.75) is 0 Å². The first kappa shape index (κ1) is 5.55. The summed E-state index contributed by atoms with van der Waals surface area (Å²) in [7, 11) is -3.13. The summed E-state index contributed by atoms with van der Waals surface area (Å²) in [5.41, 5.74) is 0. The Morgan fingerprint density at radius 1 is 1.62 bits per heavy atom. The maximum Gasteiger partial charge on any atom is 0.256 e. The summed E-state index contributed by atoms with van der Waals surface area (Å²) in [5.74, 6) is 0.0833. The highest BCUT2D eigenvalue weighted by Crippen LogP contribution is 1.91. The molecule has 1 heterocycles. The minimum Gasteiger partial charge on any atom is -0.365 e. The molecule has 1 rings (SSSR count). The molecule has 0 bridgehead atoms. The molecule has 0 saturated carbocycles. The highest BCUT2D eigenvalue weighted by Gasteiger charge is 2.09. The fraction of sp³-hybridized carbons (Fsp3) is 0.667. The molecule has 0 saturated heterocycles. The van der Waals surface area contributed by atoms with E-state index in [2.05, 4.69) is 16.1 Å². The van der Waals surface area contributed by atoms with E-state index < -0.39 is 10.0 Å². The second kappa shape index (κ2) is 1.74. The van der Waals surface area contributed by atoms with Crippen LogP contribution in [0, 0.1) is 0 Å². The van der Waals surface area contributed by atoms with Crippen molar-refractivity contribution >= 4 is 16.4 Å². The second-order valence-electron chi connectivity index (χ2n) is 1.42. The van der Waals surface area contributed by atoms with E-state index in [-0.39, 0.29) is 5.75 Å². The van der Waals surface area contributed by atoms with E-state index in [1.54, 1.807) is 0 Å². The van der Waals surface area contributed by atoms with Crippen LogP contribution >= 0.6 is 0 Å². The fourth-order valence-electron chi connectivity index (χ4n) is 0.383. The van der Waals surface area contributed by atoms with Gasteiger partial charge in [-0.1, -0.05) is 0 Å². The Hall–Kier alpha value is -0.580. The molecule has 0 atom stereocenters. The Bertz CT molecular complexity index is 193. The molecule has 45 valence electrons. The van der Waals surface area contributed by atoms with Crippen LogP contribution in [0.25, 0.3) is 0 Å². The topological polar surface area (TPSA) is 58.5 Å². The zero-order valence-corrected chi connectivity index (χ0v) is 4.90. The SMILES string of the molecule is O=S1(=O)CCN[C]=N1. The summed E-state index contributed by atoms with van der Waals surface area (Å²) in [5, 5.41) is 2.54. The lowest BCUT2D eigenvalue weighted by atomic mass is 10.8. The summed E-state index contributed by atoms with van der Waals surface area (Å²) in [6.45, 7) is 0.422. The molecule has 0 spiro atoms. The van der Waals surface area contributed by atoms with Gasteiger partial charge >= 0.3 is 0 Å². The average molecular weight is 133 g/mol. The smallest absolute Gasteiger partial charge is 0.256 e. The van der Waals surface area contributed by atoms with E-state index >= 15 is 0 Å². The third-order valence-corrected chi connectivity index (χ3v) is 1.84. The lowest BCUT2D eigenvalue weighted by Crippen LogP contribution is -2.26. The number of hydrogen-bond donors (Lipinski definition) is 1. The Labute approximate surface area is 47.7 Å². The van der Waals surface area contributed by atoms with Gasteiger partial charge in [0.1, 0.15) is 0 Å². The zero-order valence-electron chi connectivity index (χ0n) is 4.09. The van der Waals surface area contributed by atoms with Crippen LogP contribution < -0.4 is 5.32 Å². The van der Waals surface area contributed by atoms with Crippen molar-refractivity contribution in [3.05, 3.63) is 0 Å². The van der Waals surface area contributed by atoms with Gasteiger partial charge in [0.25, 0.3) is 10.0 Å². The number of hydrogen-bond acceptors (Lipinski definition) is 3. The van der Waals surface area contributed by atoms with E-state index in [1.165, 1.54) is 0 Å². The van der Waals surface area contributed by atoms with Crippen molar-refractivity contribution in [3.63, 3.8) is 0 Å². The van der Waals surface area contributed by atoms with Crippen LogP contribution in [0.15, 0.2) is 4.40 Å². The standard InChI is InChI=1S/C3H5N2O2S/c6-8(7)2-1-4-3-5-8/h1-2H2,(H,4,5). The molecule has 0 aromatic heterocycles. The van der Waals surface area contributed by atoms with Crippen molar-refractivity contribution in [3.8, 4) is 0 Å². The third kappa shape index (κ3) is 1.19. The summed E-state index contributed by atoms with van der Waals surface area (Å²) in [4.78, 5) is 0. The summed E-state index contributed by atoms with van der Waals surface area (Å²) in [6.07, 6.45) is 2.16. The monoisotopic (exact) mass is 133 g/mol. The number of sulfonamides is 1. The van der Waals surface area contributed by atoms with Crippen LogP contribution in [0.4, 0.5) is 0 Å². The normalized spacial score (nSPS) is 24.5. The molecular formula is C3H5N2O2S. The first-order valence-electron chi connectivity index (χ1n) is 2.13. The summed E-state index contributed by atoms with van der Waals surface area (Å²) >= 11 is 0. The number of rotatable bonds is 0. The molecule has 1 N–H and O–H groups in total. The van der Waals surface area contributed by atoms with Crippen molar-refractivity contribution in [2.24, 2.45) is 4.40 Å². The van der Waals surface area contributed by atoms with E-state index in [1.807, 2.05) is 0 Å². The van der Waals surface area contributed by atoms with Crippen LogP contribution in [0.5, 0.6) is 0 Å². The van der Waals surface area contributed by atoms with E-state index in [4.69, 9.17) is 0 Å². The first-order valence-corrected chi connectivity index (χ1v) is 3.74. The Kier molecular flexibility index (Phi) is 1.21. The third-order valence-electron chi connectivity index (χ3n) is 0.749. The average Bonchev–Trinajstić information content (AvgIpc) is 1.65. The number of nitrogens with one attached hydrogen (secondary N) is 1. The Morgan fingerprint density at radius 2 is 2.38 bits per heavy atom. The molecule has 0 aromatic rings. The van der Waals surface area contributed by atoms with Gasteiger partial charge in [-0.3, -0.25) is 0 Å². The molecule has 4 nitrogen and oxygen atoms in total. The molecule has 0 amide bonds. The van der Waals surface area contributed by atoms with Gasteiger partial charge in [-0.25, -0.2) is 8.42 Å². The van der Waals surface area contributed by atoms with Crippen LogP contribution in [-0.2, 0) is 10.0 Å². The molecule has 0 aliphatic carbocycles. The summed E-state index contributed by atoms with van der Waals surface area (Å²) < 4.78 is 23.8. The highest BCUT2D eigenvalue weighted by atomic mass is 32.2. The number of nitrogens with zero attached hydrogens (tertiary/aromatic N) is 1. The van der Waals surface area contributed by atoms with Crippen molar-refractivity contribution in [2.75, 3.05) is 12.3 Å². The highest BCUT2D eigenvalue weighted by molar-refractivity contribution is 7.90. The van der Waals surface area contributed by atoms with Crippen LogP contribution in [0.2, 0.25) is 0 Å². The van der Waals surface area contributed by atoms with Crippen molar-refractivity contribution in [1.29, 1.82) is 0 Å². The maximum absolute atomic E-state index is 10.4. The molecule has 0 unspecified atom stereocenters. The van der Waals surface area contributed by atoms with Gasteiger partial charge in [-0.15, -0.1) is 4.40 Å². The van der Waals surface area contributed by atoms with Gasteiger partial charge in [-0.05, 0) is 0 Å². The van der Waals surface area contributed by atoms with Gasteiger partial charge in [-0.2, -0.15) is 0 Å². The van der Waals surface area contributed by atoms with E-state index in [9.17, 15) is 8.42 Å². The largest absolute Gasteiger partial charge is 0.365 e. The lowest BCUT2D eigenvalue weighted by Gasteiger charge is -2.02. The predicted octanol–water partition coefficient (Wildman–Crippen LogP) is -1.18. The van der Waals surface area contributed by atoms with Gasteiger partial charge < -0.3 is 5.32 Å². The minimum absolute atomic E-state index is 0.0833. The molecule has 0 aromatic carbocycles. The zero-order chi connectivity index (χ0) is 6.04. The lowest BCUT2D eigenvalue weighted by molar-refractivity contribution is 0.595. The first-order chi connectivity index (χ1) is 3.71. The van der Waals surface area contributed by atoms with Gasteiger partial charge in [0.15, 0.2) is 6.34 Å². The van der Waals surface area contributed by atoms with Crippen molar-refractivity contribution < 1.29 is 8.42 Å². The second-order valence-corrected chi connectivity index (χ2v) is 3.17. The van der Waals surface area contributed by atoms with Crippen LogP contribution in [0.3, 0.4) is 0 Å². The van der Waals surface area contributed by atoms with Crippen LogP contribution in [-0.4, -0.2) is 27.1 Å². The molecule has 8 heavy (non-hydrogen) atoms. The maximum atomic E-state index is 10.4. The van der Waals surface area contributed by atoms with Gasteiger partial charge in [0.05, 0.1) is 5.75 Å². The molecule has 5 heteroatoms. The quantitative estimate of drug-likeness (QED) is 0.452. The molecular weight excluding hydrogens is 128 g/mol. The Balaban J connectivity index is 2.87. The van der Waals surface area contributed by atoms with E-state index in [0.29, 0.717) is 6.54 Å². The van der Waals surface area contributed by atoms with Crippen LogP contribution in [0.1, 0.15) is 0 Å². The van der Waals surface area contributed by atoms with Gasteiger partial charge in [0, 0.05) is 6.54 Å². The Morgan fingerprint density at radius 3 is 2.62 bits per heavy atom.